The van der Waals surface area contributed by atoms with Gasteiger partial charge in [0, 0.05) is 6.08 Å². The smallest absolute Gasteiger partial charge is 0.244 e. The molecule has 1 heterocycles. The summed E-state index contributed by atoms with van der Waals surface area (Å²) >= 11 is 0. The van der Waals surface area contributed by atoms with Crippen LogP contribution in [-0.2, 0) is 10.4 Å². The fourth-order valence-electron chi connectivity index (χ4n) is 1.87. The Labute approximate surface area is 124 Å². The Morgan fingerprint density at radius 1 is 1.29 bits per heavy atom. The van der Waals surface area contributed by atoms with E-state index in [1.54, 1.807) is 32.1 Å². The van der Waals surface area contributed by atoms with Crippen LogP contribution in [0.4, 0.5) is 0 Å². The normalized spacial score (nSPS) is 14.0. The highest BCUT2D eigenvalue weighted by Crippen LogP contribution is 2.21. The number of aliphatic hydroxyl groups is 1. The molecule has 110 valence electrons. The molecule has 2 aromatic rings. The maximum absolute atomic E-state index is 11.8. The van der Waals surface area contributed by atoms with Crippen LogP contribution in [0.3, 0.4) is 0 Å². The number of benzene rings is 1. The molecule has 0 aliphatic carbocycles. The molecule has 0 aliphatic rings. The first-order valence-corrected chi connectivity index (χ1v) is 6.78. The largest absolute Gasteiger partial charge is 0.463 e. The fraction of sp³-hybridized carbons (Fsp3) is 0.235. The van der Waals surface area contributed by atoms with E-state index in [9.17, 15) is 9.90 Å². The molecule has 4 nitrogen and oxygen atoms in total. The van der Waals surface area contributed by atoms with Crippen molar-refractivity contribution in [1.29, 1.82) is 0 Å². The van der Waals surface area contributed by atoms with E-state index in [0.29, 0.717) is 5.76 Å². The summed E-state index contributed by atoms with van der Waals surface area (Å²) in [4.78, 5) is 11.8. The Morgan fingerprint density at radius 3 is 2.62 bits per heavy atom. The van der Waals surface area contributed by atoms with Gasteiger partial charge in [0.15, 0.2) is 0 Å². The summed E-state index contributed by atoms with van der Waals surface area (Å²) in [6, 6.07) is 13.0. The summed E-state index contributed by atoms with van der Waals surface area (Å²) in [6.07, 6.45) is 3.17. The molecule has 2 N–H and O–H groups in total. The van der Waals surface area contributed by atoms with Crippen molar-refractivity contribution in [1.82, 2.24) is 5.32 Å². The maximum Gasteiger partial charge on any atom is 0.244 e. The van der Waals surface area contributed by atoms with E-state index in [1.165, 1.54) is 6.08 Å². The summed E-state index contributed by atoms with van der Waals surface area (Å²) in [5.74, 6) is 0.898. The Bertz CT molecular complexity index is 626. The van der Waals surface area contributed by atoms with E-state index in [0.717, 1.165) is 11.3 Å². The van der Waals surface area contributed by atoms with Gasteiger partial charge >= 0.3 is 0 Å². The molecule has 1 atom stereocenters. The molecule has 21 heavy (non-hydrogen) atoms. The number of hydrogen-bond donors (Lipinski definition) is 2. The molecule has 0 bridgehead atoms. The average Bonchev–Trinajstić information content (AvgIpc) is 2.92. The third-order valence-corrected chi connectivity index (χ3v) is 3.10. The SMILES string of the molecule is Cc1ccc(C(C)(O)CNC(=O)C=Cc2ccccc2)o1. The lowest BCUT2D eigenvalue weighted by atomic mass is 10.0. The average molecular weight is 285 g/mol. The van der Waals surface area contributed by atoms with Crippen molar-refractivity contribution < 1.29 is 14.3 Å². The van der Waals surface area contributed by atoms with Crippen molar-refractivity contribution in [2.75, 3.05) is 6.54 Å². The molecular formula is C17H19NO3. The number of carbonyl (C=O) groups excluding carboxylic acids is 1. The van der Waals surface area contributed by atoms with Gasteiger partial charge in [-0.15, -0.1) is 0 Å². The molecule has 0 saturated heterocycles. The topological polar surface area (TPSA) is 62.5 Å². The predicted molar refractivity (Wildman–Crippen MR) is 81.5 cm³/mol. The van der Waals surface area contributed by atoms with Crippen LogP contribution in [0.5, 0.6) is 0 Å². The molecule has 0 aliphatic heterocycles. The molecule has 4 heteroatoms. The van der Waals surface area contributed by atoms with Crippen LogP contribution in [0.2, 0.25) is 0 Å². The number of carbonyl (C=O) groups is 1. The summed E-state index contributed by atoms with van der Waals surface area (Å²) in [5.41, 5.74) is -0.286. The summed E-state index contributed by atoms with van der Waals surface area (Å²) in [7, 11) is 0. The monoisotopic (exact) mass is 285 g/mol. The number of nitrogens with one attached hydrogen (secondary N) is 1. The van der Waals surface area contributed by atoms with Crippen molar-refractivity contribution in [3.63, 3.8) is 0 Å². The van der Waals surface area contributed by atoms with E-state index in [2.05, 4.69) is 5.32 Å². The van der Waals surface area contributed by atoms with E-state index in [-0.39, 0.29) is 12.5 Å². The zero-order valence-corrected chi connectivity index (χ0v) is 12.2. The Morgan fingerprint density at radius 2 is 2.00 bits per heavy atom. The summed E-state index contributed by atoms with van der Waals surface area (Å²) in [5, 5.41) is 13.0. The molecule has 1 aromatic carbocycles. The minimum atomic E-state index is -1.23. The summed E-state index contributed by atoms with van der Waals surface area (Å²) in [6.45, 7) is 3.49. The standard InChI is InChI=1S/C17H19NO3/c1-13-8-10-15(21-13)17(2,20)12-18-16(19)11-9-14-6-4-3-5-7-14/h3-11,20H,12H2,1-2H3,(H,18,19). The van der Waals surface area contributed by atoms with Gasteiger partial charge < -0.3 is 14.8 Å². The van der Waals surface area contributed by atoms with Crippen molar-refractivity contribution in [2.45, 2.75) is 19.4 Å². The Balaban J connectivity index is 1.90. The lowest BCUT2D eigenvalue weighted by molar-refractivity contribution is -0.117. The van der Waals surface area contributed by atoms with Gasteiger partial charge in [0.25, 0.3) is 0 Å². The minimum absolute atomic E-state index is 0.0813. The molecule has 0 saturated carbocycles. The van der Waals surface area contributed by atoms with E-state index in [1.807, 2.05) is 30.3 Å². The fourth-order valence-corrected chi connectivity index (χ4v) is 1.87. The van der Waals surface area contributed by atoms with Gasteiger partial charge in [-0.2, -0.15) is 0 Å². The van der Waals surface area contributed by atoms with Crippen molar-refractivity contribution in [3.05, 3.63) is 65.6 Å². The highest BCUT2D eigenvalue weighted by molar-refractivity contribution is 5.91. The van der Waals surface area contributed by atoms with Crippen LogP contribution in [0.15, 0.2) is 53.0 Å². The van der Waals surface area contributed by atoms with Gasteiger partial charge in [0.1, 0.15) is 17.1 Å². The Kier molecular flexibility index (Phi) is 4.60. The lowest BCUT2D eigenvalue weighted by Gasteiger charge is -2.20. The predicted octanol–water partition coefficient (Wildman–Crippen LogP) is 2.63. The highest BCUT2D eigenvalue weighted by atomic mass is 16.4. The first-order valence-electron chi connectivity index (χ1n) is 6.78. The second-order valence-electron chi connectivity index (χ2n) is 5.15. The molecule has 1 amide bonds. The first-order chi connectivity index (χ1) is 9.97. The van der Waals surface area contributed by atoms with Gasteiger partial charge in [-0.25, -0.2) is 0 Å². The van der Waals surface area contributed by atoms with Gasteiger partial charge in [-0.05, 0) is 37.6 Å². The quantitative estimate of drug-likeness (QED) is 0.830. The van der Waals surface area contributed by atoms with Crippen molar-refractivity contribution in [3.8, 4) is 0 Å². The van der Waals surface area contributed by atoms with Crippen molar-refractivity contribution in [2.24, 2.45) is 0 Å². The van der Waals surface area contributed by atoms with Gasteiger partial charge in [0.2, 0.25) is 5.91 Å². The molecule has 2 rings (SSSR count). The van der Waals surface area contributed by atoms with Crippen LogP contribution in [0.25, 0.3) is 6.08 Å². The Hall–Kier alpha value is -2.33. The molecule has 1 unspecified atom stereocenters. The third-order valence-electron chi connectivity index (χ3n) is 3.10. The van der Waals surface area contributed by atoms with Crippen LogP contribution >= 0.6 is 0 Å². The number of rotatable bonds is 5. The molecular weight excluding hydrogens is 266 g/mol. The second-order valence-corrected chi connectivity index (χ2v) is 5.15. The van der Waals surface area contributed by atoms with Gasteiger partial charge in [-0.3, -0.25) is 4.79 Å². The van der Waals surface area contributed by atoms with Gasteiger partial charge in [-0.1, -0.05) is 30.3 Å². The highest BCUT2D eigenvalue weighted by Gasteiger charge is 2.26. The number of amides is 1. The van der Waals surface area contributed by atoms with Crippen LogP contribution in [0, 0.1) is 6.92 Å². The van der Waals surface area contributed by atoms with Crippen molar-refractivity contribution >= 4 is 12.0 Å². The zero-order chi connectivity index (χ0) is 15.3. The molecule has 0 fully saturated rings. The van der Waals surface area contributed by atoms with Crippen LogP contribution < -0.4 is 5.32 Å². The second kappa shape index (κ2) is 6.41. The molecule has 0 radical (unpaired) electrons. The van der Waals surface area contributed by atoms with E-state index < -0.39 is 5.60 Å². The molecule has 1 aromatic heterocycles. The third kappa shape index (κ3) is 4.33. The number of furan rings is 1. The van der Waals surface area contributed by atoms with E-state index >= 15 is 0 Å². The first kappa shape index (κ1) is 15.1. The van der Waals surface area contributed by atoms with E-state index in [4.69, 9.17) is 4.42 Å². The van der Waals surface area contributed by atoms with Crippen LogP contribution in [-0.4, -0.2) is 17.6 Å². The number of hydrogen-bond acceptors (Lipinski definition) is 3. The number of aryl methyl sites for hydroxylation is 1. The zero-order valence-electron chi connectivity index (χ0n) is 12.2. The van der Waals surface area contributed by atoms with Gasteiger partial charge in [0.05, 0.1) is 6.54 Å². The molecule has 0 spiro atoms. The minimum Gasteiger partial charge on any atom is -0.463 e. The maximum atomic E-state index is 11.8. The lowest BCUT2D eigenvalue weighted by Crippen LogP contribution is -2.37. The van der Waals surface area contributed by atoms with Crippen LogP contribution in [0.1, 0.15) is 24.0 Å². The summed E-state index contributed by atoms with van der Waals surface area (Å²) < 4.78 is 5.39.